The number of aryl methyl sites for hydroxylation is 1. The van der Waals surface area contributed by atoms with Crippen molar-refractivity contribution in [3.05, 3.63) is 65.2 Å². The van der Waals surface area contributed by atoms with Gasteiger partial charge in [-0.1, -0.05) is 29.8 Å². The summed E-state index contributed by atoms with van der Waals surface area (Å²) in [6.45, 7) is 4.14. The molecule has 1 aromatic carbocycles. The molecule has 0 radical (unpaired) electrons. The highest BCUT2D eigenvalue weighted by molar-refractivity contribution is 7.80. The predicted octanol–water partition coefficient (Wildman–Crippen LogP) is 3.29. The first-order valence-electron chi connectivity index (χ1n) is 7.96. The molecular weight excluding hydrogens is 356 g/mol. The lowest BCUT2D eigenvalue weighted by atomic mass is 10.2. The summed E-state index contributed by atoms with van der Waals surface area (Å²) in [5, 5.41) is 16.1. The molecule has 3 rings (SSSR count). The number of halogens is 1. The number of hydrogen-bond acceptors (Lipinski definition) is 3. The van der Waals surface area contributed by atoms with Crippen LogP contribution in [-0.2, 0) is 19.6 Å². The number of hydrogen-bond donors (Lipinski definition) is 2. The lowest BCUT2D eigenvalue weighted by Crippen LogP contribution is -2.27. The standard InChI is InChI=1S/C17H19ClN6S/c1-2-23-10-13(8-20-23)7-19-17(25)22-15-9-21-24(12-15)11-14-5-3-4-6-16(14)18/h3-6,8-10,12H,2,7,11H2,1H3,(H2,19,22,25). The minimum absolute atomic E-state index is 0.543. The molecule has 2 heterocycles. The van der Waals surface area contributed by atoms with Crippen molar-refractivity contribution in [3.8, 4) is 0 Å². The van der Waals surface area contributed by atoms with Gasteiger partial charge in [-0.15, -0.1) is 0 Å². The Morgan fingerprint density at radius 1 is 1.16 bits per heavy atom. The highest BCUT2D eigenvalue weighted by Gasteiger charge is 2.05. The van der Waals surface area contributed by atoms with E-state index in [0.717, 1.165) is 28.4 Å². The Hall–Kier alpha value is -2.38. The molecular formula is C17H19ClN6S. The Labute approximate surface area is 156 Å². The van der Waals surface area contributed by atoms with Crippen LogP contribution in [0, 0.1) is 0 Å². The van der Waals surface area contributed by atoms with Crippen molar-refractivity contribution in [2.45, 2.75) is 26.6 Å². The molecule has 0 saturated heterocycles. The molecule has 0 aliphatic rings. The molecule has 0 aliphatic heterocycles. The molecule has 6 nitrogen and oxygen atoms in total. The summed E-state index contributed by atoms with van der Waals surface area (Å²) in [4.78, 5) is 0. The number of anilines is 1. The first-order chi connectivity index (χ1) is 12.1. The monoisotopic (exact) mass is 374 g/mol. The summed E-state index contributed by atoms with van der Waals surface area (Å²) < 4.78 is 3.70. The van der Waals surface area contributed by atoms with E-state index in [0.29, 0.717) is 18.2 Å². The van der Waals surface area contributed by atoms with Crippen LogP contribution < -0.4 is 10.6 Å². The van der Waals surface area contributed by atoms with Crippen molar-refractivity contribution in [3.63, 3.8) is 0 Å². The van der Waals surface area contributed by atoms with Gasteiger partial charge in [-0.25, -0.2) is 0 Å². The molecule has 0 spiro atoms. The highest BCUT2D eigenvalue weighted by atomic mass is 35.5. The first kappa shape index (κ1) is 17.4. The average Bonchev–Trinajstić information content (AvgIpc) is 3.24. The molecule has 0 saturated carbocycles. The van der Waals surface area contributed by atoms with E-state index in [4.69, 9.17) is 23.8 Å². The number of aromatic nitrogens is 4. The van der Waals surface area contributed by atoms with E-state index in [1.54, 1.807) is 6.20 Å². The Bertz CT molecular complexity index is 856. The van der Waals surface area contributed by atoms with Gasteiger partial charge in [-0.2, -0.15) is 10.2 Å². The summed E-state index contributed by atoms with van der Waals surface area (Å²) in [5.74, 6) is 0. The van der Waals surface area contributed by atoms with E-state index < -0.39 is 0 Å². The number of nitrogens with zero attached hydrogens (tertiary/aromatic N) is 4. The van der Waals surface area contributed by atoms with Gasteiger partial charge in [0.25, 0.3) is 0 Å². The Morgan fingerprint density at radius 3 is 2.72 bits per heavy atom. The van der Waals surface area contributed by atoms with Crippen LogP contribution in [0.1, 0.15) is 18.1 Å². The zero-order valence-corrected chi connectivity index (χ0v) is 15.4. The molecule has 3 aromatic rings. The third-order valence-corrected chi connectivity index (χ3v) is 4.26. The van der Waals surface area contributed by atoms with Gasteiger partial charge in [0.2, 0.25) is 0 Å². The predicted molar refractivity (Wildman–Crippen MR) is 104 cm³/mol. The van der Waals surface area contributed by atoms with Crippen molar-refractivity contribution in [1.82, 2.24) is 24.9 Å². The van der Waals surface area contributed by atoms with Gasteiger partial charge in [0, 0.05) is 36.1 Å². The second-order valence-corrected chi connectivity index (χ2v) is 6.35. The molecule has 0 unspecified atom stereocenters. The minimum Gasteiger partial charge on any atom is -0.358 e. The van der Waals surface area contributed by atoms with Gasteiger partial charge in [0.1, 0.15) is 0 Å². The molecule has 2 aromatic heterocycles. The lowest BCUT2D eigenvalue weighted by Gasteiger charge is -2.07. The fraction of sp³-hybridized carbons (Fsp3) is 0.235. The van der Waals surface area contributed by atoms with Crippen LogP contribution in [0.2, 0.25) is 5.02 Å². The Kier molecular flexibility index (Phi) is 5.67. The van der Waals surface area contributed by atoms with Gasteiger partial charge < -0.3 is 10.6 Å². The SMILES string of the molecule is CCn1cc(CNC(=S)Nc2cnn(Cc3ccccc3Cl)c2)cn1. The number of rotatable bonds is 6. The Morgan fingerprint density at radius 2 is 1.96 bits per heavy atom. The van der Waals surface area contributed by atoms with Crippen LogP contribution in [0.5, 0.6) is 0 Å². The largest absolute Gasteiger partial charge is 0.358 e. The van der Waals surface area contributed by atoms with E-state index >= 15 is 0 Å². The molecule has 8 heteroatoms. The maximum atomic E-state index is 6.18. The molecule has 0 fully saturated rings. The second-order valence-electron chi connectivity index (χ2n) is 5.53. The van der Waals surface area contributed by atoms with Crippen LogP contribution in [0.4, 0.5) is 5.69 Å². The smallest absolute Gasteiger partial charge is 0.171 e. The van der Waals surface area contributed by atoms with E-state index in [2.05, 4.69) is 27.8 Å². The van der Waals surface area contributed by atoms with Crippen molar-refractivity contribution in [2.75, 3.05) is 5.32 Å². The fourth-order valence-corrected chi connectivity index (χ4v) is 2.73. The minimum atomic E-state index is 0.543. The third-order valence-electron chi connectivity index (χ3n) is 3.65. The zero-order valence-electron chi connectivity index (χ0n) is 13.8. The van der Waals surface area contributed by atoms with Gasteiger partial charge in [-0.05, 0) is 30.8 Å². The van der Waals surface area contributed by atoms with E-state index in [1.165, 1.54) is 0 Å². The van der Waals surface area contributed by atoms with Gasteiger partial charge in [0.05, 0.1) is 24.6 Å². The molecule has 130 valence electrons. The van der Waals surface area contributed by atoms with Crippen LogP contribution in [0.25, 0.3) is 0 Å². The van der Waals surface area contributed by atoms with Crippen molar-refractivity contribution < 1.29 is 0 Å². The van der Waals surface area contributed by atoms with Crippen LogP contribution in [-0.4, -0.2) is 24.7 Å². The second kappa shape index (κ2) is 8.13. The van der Waals surface area contributed by atoms with Crippen LogP contribution in [0.15, 0.2) is 49.1 Å². The zero-order chi connectivity index (χ0) is 17.6. The average molecular weight is 375 g/mol. The van der Waals surface area contributed by atoms with Crippen LogP contribution in [0.3, 0.4) is 0 Å². The molecule has 0 atom stereocenters. The number of benzene rings is 1. The molecule has 0 amide bonds. The molecule has 0 bridgehead atoms. The molecule has 25 heavy (non-hydrogen) atoms. The summed E-state index contributed by atoms with van der Waals surface area (Å²) >= 11 is 11.5. The van der Waals surface area contributed by atoms with Crippen LogP contribution >= 0.6 is 23.8 Å². The van der Waals surface area contributed by atoms with E-state index in [-0.39, 0.29) is 0 Å². The third kappa shape index (κ3) is 4.80. The van der Waals surface area contributed by atoms with Crippen molar-refractivity contribution in [1.29, 1.82) is 0 Å². The van der Waals surface area contributed by atoms with E-state index in [1.807, 2.05) is 52.2 Å². The first-order valence-corrected chi connectivity index (χ1v) is 8.74. The van der Waals surface area contributed by atoms with Gasteiger partial charge >= 0.3 is 0 Å². The highest BCUT2D eigenvalue weighted by Crippen LogP contribution is 2.16. The quantitative estimate of drug-likeness (QED) is 0.648. The number of thiocarbonyl (C=S) groups is 1. The van der Waals surface area contributed by atoms with Gasteiger partial charge in [0.15, 0.2) is 5.11 Å². The summed E-state index contributed by atoms with van der Waals surface area (Å²) in [7, 11) is 0. The van der Waals surface area contributed by atoms with Gasteiger partial charge in [-0.3, -0.25) is 9.36 Å². The van der Waals surface area contributed by atoms with Crippen molar-refractivity contribution >= 4 is 34.6 Å². The maximum absolute atomic E-state index is 6.18. The maximum Gasteiger partial charge on any atom is 0.171 e. The lowest BCUT2D eigenvalue weighted by molar-refractivity contribution is 0.659. The molecule has 2 N–H and O–H groups in total. The summed E-state index contributed by atoms with van der Waals surface area (Å²) in [6, 6.07) is 7.74. The van der Waals surface area contributed by atoms with Crippen molar-refractivity contribution in [2.24, 2.45) is 0 Å². The number of nitrogens with one attached hydrogen (secondary N) is 2. The summed E-state index contributed by atoms with van der Waals surface area (Å²) in [6.07, 6.45) is 7.46. The molecule has 0 aliphatic carbocycles. The Balaban J connectivity index is 1.52. The fourth-order valence-electron chi connectivity index (χ4n) is 2.34. The van der Waals surface area contributed by atoms with E-state index in [9.17, 15) is 0 Å². The topological polar surface area (TPSA) is 59.7 Å². The summed E-state index contributed by atoms with van der Waals surface area (Å²) in [5.41, 5.74) is 2.93. The normalized spacial score (nSPS) is 10.6.